The zero-order chi connectivity index (χ0) is 12.0. The normalized spacial score (nSPS) is 12.1. The van der Waals surface area contributed by atoms with Crippen molar-refractivity contribution >= 4 is 10.8 Å². The van der Waals surface area contributed by atoms with Gasteiger partial charge < -0.3 is 5.73 Å². The van der Waals surface area contributed by atoms with Crippen molar-refractivity contribution in [2.75, 3.05) is 12.3 Å². The molecule has 0 amide bonds. The molecule has 1 aromatic carbocycles. The van der Waals surface area contributed by atoms with Crippen LogP contribution in [0.5, 0.6) is 0 Å². The molecule has 3 nitrogen and oxygen atoms in total. The summed E-state index contributed by atoms with van der Waals surface area (Å²) < 4.78 is 24.8. The van der Waals surface area contributed by atoms with Crippen LogP contribution in [0.4, 0.5) is 4.39 Å². The summed E-state index contributed by atoms with van der Waals surface area (Å²) in [6.07, 6.45) is 0.659. The molecule has 16 heavy (non-hydrogen) atoms. The Morgan fingerprint density at radius 3 is 2.88 bits per heavy atom. The second-order valence-corrected chi connectivity index (χ2v) is 4.93. The average Bonchev–Trinajstić information content (AvgIpc) is 2.29. The van der Waals surface area contributed by atoms with Gasteiger partial charge in [0, 0.05) is 22.1 Å². The Morgan fingerprint density at radius 2 is 2.25 bits per heavy atom. The van der Waals surface area contributed by atoms with E-state index in [0.29, 0.717) is 29.8 Å². The molecule has 86 valence electrons. The van der Waals surface area contributed by atoms with Gasteiger partial charge >= 0.3 is 0 Å². The SMILES string of the molecule is N#Cc1ccc(F)c(CS(=O)CCCN)c1. The first kappa shape index (κ1) is 12.8. The van der Waals surface area contributed by atoms with E-state index in [2.05, 4.69) is 0 Å². The van der Waals surface area contributed by atoms with E-state index in [0.717, 1.165) is 0 Å². The molecule has 5 heteroatoms. The van der Waals surface area contributed by atoms with Crippen LogP contribution in [0.25, 0.3) is 0 Å². The summed E-state index contributed by atoms with van der Waals surface area (Å²) in [4.78, 5) is 0. The van der Waals surface area contributed by atoms with E-state index in [-0.39, 0.29) is 5.75 Å². The Kier molecular flexibility index (Phi) is 5.09. The molecule has 1 unspecified atom stereocenters. The van der Waals surface area contributed by atoms with Crippen molar-refractivity contribution in [2.24, 2.45) is 5.73 Å². The van der Waals surface area contributed by atoms with Gasteiger partial charge in [-0.1, -0.05) is 0 Å². The van der Waals surface area contributed by atoms with Gasteiger partial charge in [-0.25, -0.2) is 4.39 Å². The summed E-state index contributed by atoms with van der Waals surface area (Å²) in [5, 5.41) is 8.66. The predicted octanol–water partition coefficient (Wildman–Crippen LogP) is 1.29. The van der Waals surface area contributed by atoms with Crippen LogP contribution in [-0.2, 0) is 16.6 Å². The molecule has 0 saturated carbocycles. The smallest absolute Gasteiger partial charge is 0.127 e. The molecule has 0 radical (unpaired) electrons. The highest BCUT2D eigenvalue weighted by atomic mass is 32.2. The highest BCUT2D eigenvalue weighted by molar-refractivity contribution is 7.84. The van der Waals surface area contributed by atoms with Gasteiger partial charge in [0.1, 0.15) is 5.82 Å². The van der Waals surface area contributed by atoms with Crippen LogP contribution < -0.4 is 5.73 Å². The molecular formula is C11H13FN2OS. The van der Waals surface area contributed by atoms with E-state index < -0.39 is 16.6 Å². The number of nitrogens with zero attached hydrogens (tertiary/aromatic N) is 1. The van der Waals surface area contributed by atoms with Crippen molar-refractivity contribution in [3.8, 4) is 6.07 Å². The van der Waals surface area contributed by atoms with Gasteiger partial charge in [-0.2, -0.15) is 5.26 Å². The van der Waals surface area contributed by atoms with Crippen molar-refractivity contribution in [3.63, 3.8) is 0 Å². The molecule has 0 fully saturated rings. The van der Waals surface area contributed by atoms with Crippen molar-refractivity contribution in [1.82, 2.24) is 0 Å². The average molecular weight is 240 g/mol. The maximum absolute atomic E-state index is 13.3. The minimum Gasteiger partial charge on any atom is -0.330 e. The summed E-state index contributed by atoms with van der Waals surface area (Å²) in [6, 6.07) is 6.00. The minimum atomic E-state index is -1.12. The monoisotopic (exact) mass is 240 g/mol. The molecule has 0 spiro atoms. The molecule has 0 aliphatic carbocycles. The van der Waals surface area contributed by atoms with Gasteiger partial charge in [-0.05, 0) is 31.2 Å². The molecule has 0 aromatic heterocycles. The lowest BCUT2D eigenvalue weighted by Gasteiger charge is -2.03. The van der Waals surface area contributed by atoms with Gasteiger partial charge in [0.05, 0.1) is 17.4 Å². The van der Waals surface area contributed by atoms with Crippen LogP contribution in [0.1, 0.15) is 17.5 Å². The van der Waals surface area contributed by atoms with Crippen LogP contribution >= 0.6 is 0 Å². The topological polar surface area (TPSA) is 66.9 Å². The predicted molar refractivity (Wildman–Crippen MR) is 61.5 cm³/mol. The Morgan fingerprint density at radius 1 is 1.50 bits per heavy atom. The fourth-order valence-corrected chi connectivity index (χ4v) is 2.45. The van der Waals surface area contributed by atoms with E-state index in [9.17, 15) is 8.60 Å². The van der Waals surface area contributed by atoms with Gasteiger partial charge in [0.2, 0.25) is 0 Å². The number of nitriles is 1. The first-order chi connectivity index (χ1) is 7.67. The Labute approximate surface area is 96.5 Å². The van der Waals surface area contributed by atoms with Gasteiger partial charge in [0.15, 0.2) is 0 Å². The standard InChI is InChI=1S/C11H13FN2OS/c12-11-3-2-9(7-14)6-10(11)8-16(15)5-1-4-13/h2-3,6H,1,4-5,8,13H2. The van der Waals surface area contributed by atoms with Crippen molar-refractivity contribution in [3.05, 3.63) is 35.1 Å². The second-order valence-electron chi connectivity index (χ2n) is 3.35. The second kappa shape index (κ2) is 6.36. The highest BCUT2D eigenvalue weighted by Gasteiger charge is 2.07. The lowest BCUT2D eigenvalue weighted by atomic mass is 10.1. The van der Waals surface area contributed by atoms with Gasteiger partial charge in [-0.3, -0.25) is 4.21 Å². The van der Waals surface area contributed by atoms with Crippen LogP contribution in [0.15, 0.2) is 18.2 Å². The molecule has 1 rings (SSSR count). The number of benzene rings is 1. The molecule has 2 N–H and O–H groups in total. The van der Waals surface area contributed by atoms with Crippen molar-refractivity contribution < 1.29 is 8.60 Å². The molecule has 1 aromatic rings. The fourth-order valence-electron chi connectivity index (χ4n) is 1.24. The number of hydrogen-bond donors (Lipinski definition) is 1. The molecule has 0 heterocycles. The largest absolute Gasteiger partial charge is 0.330 e. The fraction of sp³-hybridized carbons (Fsp3) is 0.364. The quantitative estimate of drug-likeness (QED) is 0.843. The summed E-state index contributed by atoms with van der Waals surface area (Å²) in [7, 11) is -1.12. The molecule has 0 bridgehead atoms. The van der Waals surface area contributed by atoms with Crippen molar-refractivity contribution in [2.45, 2.75) is 12.2 Å². The van der Waals surface area contributed by atoms with Crippen LogP contribution in [0, 0.1) is 17.1 Å². The molecule has 0 saturated heterocycles. The van der Waals surface area contributed by atoms with E-state index in [1.165, 1.54) is 18.2 Å². The lowest BCUT2D eigenvalue weighted by Crippen LogP contribution is -2.08. The van der Waals surface area contributed by atoms with E-state index >= 15 is 0 Å². The van der Waals surface area contributed by atoms with E-state index in [1.807, 2.05) is 6.07 Å². The number of halogens is 1. The van der Waals surface area contributed by atoms with Gasteiger partial charge in [0.25, 0.3) is 0 Å². The van der Waals surface area contributed by atoms with Crippen LogP contribution in [0.2, 0.25) is 0 Å². The summed E-state index contributed by atoms with van der Waals surface area (Å²) in [6.45, 7) is 0.479. The highest BCUT2D eigenvalue weighted by Crippen LogP contribution is 2.12. The Balaban J connectivity index is 2.73. The third-order valence-corrected chi connectivity index (χ3v) is 3.44. The number of hydrogen-bond acceptors (Lipinski definition) is 3. The van der Waals surface area contributed by atoms with Crippen LogP contribution in [0.3, 0.4) is 0 Å². The molecular weight excluding hydrogens is 227 g/mol. The molecule has 0 aliphatic rings. The maximum Gasteiger partial charge on any atom is 0.127 e. The maximum atomic E-state index is 13.3. The zero-order valence-electron chi connectivity index (χ0n) is 8.78. The molecule has 0 aliphatic heterocycles. The summed E-state index contributed by atoms with van der Waals surface area (Å²) in [5.74, 6) is 0.189. The lowest BCUT2D eigenvalue weighted by molar-refractivity contribution is 0.615. The number of rotatable bonds is 5. The Bertz CT molecular complexity index is 428. The van der Waals surface area contributed by atoms with E-state index in [1.54, 1.807) is 0 Å². The molecule has 1 atom stereocenters. The van der Waals surface area contributed by atoms with Gasteiger partial charge in [-0.15, -0.1) is 0 Å². The van der Waals surface area contributed by atoms with Crippen LogP contribution in [-0.4, -0.2) is 16.5 Å². The summed E-state index contributed by atoms with van der Waals surface area (Å²) >= 11 is 0. The third-order valence-electron chi connectivity index (χ3n) is 2.07. The summed E-state index contributed by atoms with van der Waals surface area (Å²) in [5.41, 5.74) is 6.00. The first-order valence-electron chi connectivity index (χ1n) is 4.91. The third kappa shape index (κ3) is 3.72. The van der Waals surface area contributed by atoms with Crippen molar-refractivity contribution in [1.29, 1.82) is 5.26 Å². The van der Waals surface area contributed by atoms with E-state index in [4.69, 9.17) is 11.0 Å². The minimum absolute atomic E-state index is 0.140. The zero-order valence-corrected chi connectivity index (χ0v) is 9.60. The Hall–Kier alpha value is -1.25. The number of nitrogens with two attached hydrogens (primary N) is 1. The first-order valence-corrected chi connectivity index (χ1v) is 6.39.